The molecule has 1 atom stereocenters. The molecule has 1 aliphatic heterocycles. The quantitative estimate of drug-likeness (QED) is 0.424. The van der Waals surface area contributed by atoms with Gasteiger partial charge >= 0.3 is 0 Å². The Kier molecular flexibility index (Phi) is 4.73. The van der Waals surface area contributed by atoms with Gasteiger partial charge in [0.05, 0.1) is 17.4 Å². The lowest BCUT2D eigenvalue weighted by molar-refractivity contribution is 0.0675. The molecule has 0 radical (unpaired) electrons. The van der Waals surface area contributed by atoms with E-state index in [-0.39, 0.29) is 17.5 Å². The van der Waals surface area contributed by atoms with E-state index in [9.17, 15) is 18.0 Å². The van der Waals surface area contributed by atoms with Gasteiger partial charge in [0.1, 0.15) is 0 Å². The van der Waals surface area contributed by atoms with E-state index in [1.807, 2.05) is 25.1 Å². The van der Waals surface area contributed by atoms with Crippen molar-refractivity contribution in [3.63, 3.8) is 0 Å². The largest absolute Gasteiger partial charge is 0.330 e. The van der Waals surface area contributed by atoms with Crippen molar-refractivity contribution in [1.82, 2.24) is 19.7 Å². The fraction of sp³-hybridized carbons (Fsp3) is 0.208. The third kappa shape index (κ3) is 3.05. The summed E-state index contributed by atoms with van der Waals surface area (Å²) in [6.07, 6.45) is 3.83. The van der Waals surface area contributed by atoms with Crippen LogP contribution in [0.5, 0.6) is 0 Å². The van der Waals surface area contributed by atoms with E-state index in [0.29, 0.717) is 29.9 Å². The fourth-order valence-corrected chi connectivity index (χ4v) is 4.54. The van der Waals surface area contributed by atoms with Crippen molar-refractivity contribution in [2.45, 2.75) is 19.4 Å². The van der Waals surface area contributed by atoms with Crippen LogP contribution in [-0.2, 0) is 13.5 Å². The SMILES string of the molecule is C[C@H]1c2nn(C)c(-c3cc(F)c(F)c(F)c3)c2CCN1C(=O)c1cccc2cnccc12. The zero-order valence-corrected chi connectivity index (χ0v) is 17.4. The number of carbonyl (C=O) groups is 1. The van der Waals surface area contributed by atoms with Crippen molar-refractivity contribution in [2.24, 2.45) is 7.05 Å². The molecule has 32 heavy (non-hydrogen) atoms. The van der Waals surface area contributed by atoms with Crippen LogP contribution >= 0.6 is 0 Å². The molecule has 0 unspecified atom stereocenters. The first kappa shape index (κ1) is 20.2. The maximum absolute atomic E-state index is 13.9. The molecule has 3 heterocycles. The lowest BCUT2D eigenvalue weighted by Gasteiger charge is -2.33. The Morgan fingerprint density at radius 1 is 1.12 bits per heavy atom. The number of hydrogen-bond acceptors (Lipinski definition) is 3. The lowest BCUT2D eigenvalue weighted by Crippen LogP contribution is -2.39. The lowest BCUT2D eigenvalue weighted by atomic mass is 9.94. The van der Waals surface area contributed by atoms with E-state index in [1.165, 1.54) is 4.68 Å². The monoisotopic (exact) mass is 436 g/mol. The summed E-state index contributed by atoms with van der Waals surface area (Å²) in [5.74, 6) is -4.12. The van der Waals surface area contributed by atoms with Crippen LogP contribution in [0, 0.1) is 17.5 Å². The third-order valence-electron chi connectivity index (χ3n) is 6.07. The number of hydrogen-bond donors (Lipinski definition) is 0. The van der Waals surface area contributed by atoms with Crippen LogP contribution in [0.1, 0.15) is 34.6 Å². The van der Waals surface area contributed by atoms with Crippen molar-refractivity contribution >= 4 is 16.7 Å². The topological polar surface area (TPSA) is 51.0 Å². The fourth-order valence-electron chi connectivity index (χ4n) is 4.54. The number of aryl methyl sites for hydroxylation is 1. The smallest absolute Gasteiger partial charge is 0.255 e. The molecule has 2 aromatic heterocycles. The maximum Gasteiger partial charge on any atom is 0.255 e. The molecular weight excluding hydrogens is 417 g/mol. The number of amides is 1. The number of halogens is 3. The molecule has 4 aromatic rings. The standard InChI is InChI=1S/C24H19F3N4O/c1-13-22-18(23(30(2)29-22)15-10-19(25)21(27)20(26)11-15)7-9-31(13)24(32)17-5-3-4-14-12-28-8-6-16(14)17/h3-6,8,10-13H,7,9H2,1-2H3/t13-/m0/s1. The molecule has 5 rings (SSSR count). The van der Waals surface area contributed by atoms with Gasteiger partial charge in [-0.05, 0) is 43.0 Å². The van der Waals surface area contributed by atoms with Gasteiger partial charge in [0.25, 0.3) is 5.91 Å². The number of rotatable bonds is 2. The summed E-state index contributed by atoms with van der Waals surface area (Å²) >= 11 is 0. The second-order valence-electron chi connectivity index (χ2n) is 7.92. The summed E-state index contributed by atoms with van der Waals surface area (Å²) in [5, 5.41) is 6.26. The van der Waals surface area contributed by atoms with E-state index in [2.05, 4.69) is 10.1 Å². The van der Waals surface area contributed by atoms with Gasteiger partial charge in [0, 0.05) is 48.1 Å². The Balaban J connectivity index is 1.54. The minimum Gasteiger partial charge on any atom is -0.330 e. The van der Waals surface area contributed by atoms with Gasteiger partial charge < -0.3 is 4.90 Å². The van der Waals surface area contributed by atoms with Gasteiger partial charge in [-0.25, -0.2) is 13.2 Å². The molecule has 0 spiro atoms. The Bertz CT molecular complexity index is 1350. The first-order chi connectivity index (χ1) is 15.4. The van der Waals surface area contributed by atoms with Gasteiger partial charge in [0.2, 0.25) is 0 Å². The van der Waals surface area contributed by atoms with Crippen LogP contribution in [0.15, 0.2) is 48.8 Å². The molecule has 1 aliphatic rings. The van der Waals surface area contributed by atoms with Crippen molar-refractivity contribution in [1.29, 1.82) is 0 Å². The first-order valence-corrected chi connectivity index (χ1v) is 10.2. The van der Waals surface area contributed by atoms with E-state index in [1.54, 1.807) is 30.4 Å². The molecule has 8 heteroatoms. The zero-order chi connectivity index (χ0) is 22.6. The predicted molar refractivity (Wildman–Crippen MR) is 113 cm³/mol. The highest BCUT2D eigenvalue weighted by Crippen LogP contribution is 2.37. The molecule has 0 aliphatic carbocycles. The molecule has 5 nitrogen and oxygen atoms in total. The molecular formula is C24H19F3N4O. The highest BCUT2D eigenvalue weighted by molar-refractivity contribution is 6.07. The Morgan fingerprint density at radius 2 is 1.88 bits per heavy atom. The molecule has 1 amide bonds. The molecule has 0 saturated heterocycles. The summed E-state index contributed by atoms with van der Waals surface area (Å²) in [4.78, 5) is 19.3. The number of nitrogens with zero attached hydrogens (tertiary/aromatic N) is 4. The summed E-state index contributed by atoms with van der Waals surface area (Å²) < 4.78 is 42.7. The summed E-state index contributed by atoms with van der Waals surface area (Å²) in [6.45, 7) is 2.30. The van der Waals surface area contributed by atoms with Gasteiger partial charge in [0.15, 0.2) is 17.5 Å². The highest BCUT2D eigenvalue weighted by Gasteiger charge is 2.34. The normalized spacial score (nSPS) is 15.8. The first-order valence-electron chi connectivity index (χ1n) is 10.2. The van der Waals surface area contributed by atoms with Crippen LogP contribution in [0.2, 0.25) is 0 Å². The Labute approximate surface area is 182 Å². The number of carbonyl (C=O) groups excluding carboxylic acids is 1. The highest BCUT2D eigenvalue weighted by atomic mass is 19.2. The van der Waals surface area contributed by atoms with E-state index >= 15 is 0 Å². The summed E-state index contributed by atoms with van der Waals surface area (Å²) in [7, 11) is 1.67. The van der Waals surface area contributed by atoms with E-state index in [0.717, 1.165) is 28.5 Å². The molecule has 162 valence electrons. The maximum atomic E-state index is 13.9. The van der Waals surface area contributed by atoms with Crippen LogP contribution in [0.4, 0.5) is 13.2 Å². The summed E-state index contributed by atoms with van der Waals surface area (Å²) in [5.41, 5.74) is 2.78. The number of fused-ring (bicyclic) bond motifs is 2. The second-order valence-corrected chi connectivity index (χ2v) is 7.92. The third-order valence-corrected chi connectivity index (χ3v) is 6.07. The zero-order valence-electron chi connectivity index (χ0n) is 17.4. The van der Waals surface area contributed by atoms with Crippen LogP contribution in [-0.4, -0.2) is 32.1 Å². The minimum absolute atomic E-state index is 0.119. The van der Waals surface area contributed by atoms with Crippen molar-refractivity contribution in [3.8, 4) is 11.3 Å². The van der Waals surface area contributed by atoms with E-state index < -0.39 is 17.5 Å². The van der Waals surface area contributed by atoms with Crippen molar-refractivity contribution in [2.75, 3.05) is 6.54 Å². The van der Waals surface area contributed by atoms with Crippen LogP contribution < -0.4 is 0 Å². The molecule has 2 aromatic carbocycles. The van der Waals surface area contributed by atoms with Gasteiger partial charge in [-0.15, -0.1) is 0 Å². The van der Waals surface area contributed by atoms with Crippen molar-refractivity contribution in [3.05, 3.63) is 83.1 Å². The second kappa shape index (κ2) is 7.47. The van der Waals surface area contributed by atoms with Crippen LogP contribution in [0.25, 0.3) is 22.0 Å². The molecule has 0 fully saturated rings. The average Bonchev–Trinajstić information content (AvgIpc) is 3.13. The Hall–Kier alpha value is -3.68. The average molecular weight is 436 g/mol. The van der Waals surface area contributed by atoms with Gasteiger partial charge in [-0.2, -0.15) is 5.10 Å². The predicted octanol–water partition coefficient (Wildman–Crippen LogP) is 4.81. The van der Waals surface area contributed by atoms with Crippen LogP contribution in [0.3, 0.4) is 0 Å². The number of aromatic nitrogens is 3. The molecule has 0 N–H and O–H groups in total. The van der Waals surface area contributed by atoms with Gasteiger partial charge in [-0.3, -0.25) is 14.5 Å². The molecule has 0 saturated carbocycles. The molecule has 0 bridgehead atoms. The van der Waals surface area contributed by atoms with Gasteiger partial charge in [-0.1, -0.05) is 12.1 Å². The Morgan fingerprint density at radius 3 is 2.62 bits per heavy atom. The van der Waals surface area contributed by atoms with E-state index in [4.69, 9.17) is 0 Å². The minimum atomic E-state index is -1.50. The van der Waals surface area contributed by atoms with Crippen molar-refractivity contribution < 1.29 is 18.0 Å². The number of benzene rings is 2. The number of pyridine rings is 1. The summed E-state index contributed by atoms with van der Waals surface area (Å²) in [6, 6.07) is 8.94.